The molecule has 0 heterocycles. The summed E-state index contributed by atoms with van der Waals surface area (Å²) in [5.41, 5.74) is 3.64. The molecule has 0 aromatic heterocycles. The van der Waals surface area contributed by atoms with Gasteiger partial charge in [0.15, 0.2) is 0 Å². The highest BCUT2D eigenvalue weighted by Crippen LogP contribution is 2.21. The van der Waals surface area contributed by atoms with Crippen molar-refractivity contribution in [2.24, 2.45) is 5.10 Å². The fourth-order valence-electron chi connectivity index (χ4n) is 2.02. The van der Waals surface area contributed by atoms with Crippen LogP contribution in [0.15, 0.2) is 52.0 Å². The number of rotatable bonds is 7. The molecule has 0 aliphatic heterocycles. The molecule has 2 rings (SSSR count). The molecule has 0 atom stereocenters. The third kappa shape index (κ3) is 6.10. The quantitative estimate of drug-likeness (QED) is 0.328. The van der Waals surface area contributed by atoms with Crippen LogP contribution in [0.25, 0.3) is 0 Å². The molecule has 0 aliphatic carbocycles. The lowest BCUT2D eigenvalue weighted by atomic mass is 10.2. The zero-order chi connectivity index (χ0) is 18.9. The van der Waals surface area contributed by atoms with Crippen molar-refractivity contribution >= 4 is 56.5 Å². The molecule has 136 valence electrons. The summed E-state index contributed by atoms with van der Waals surface area (Å²) in [6.45, 7) is 2.25. The molecule has 0 saturated heterocycles. The van der Waals surface area contributed by atoms with Crippen molar-refractivity contribution in [3.05, 3.63) is 61.6 Å². The minimum atomic E-state index is -0.423. The Morgan fingerprint density at radius 2 is 2.04 bits per heavy atom. The van der Waals surface area contributed by atoms with Crippen molar-refractivity contribution in [3.8, 4) is 5.75 Å². The highest BCUT2D eigenvalue weighted by Gasteiger charge is 2.10. The first kappa shape index (κ1) is 20.4. The first-order chi connectivity index (χ1) is 12.5. The van der Waals surface area contributed by atoms with E-state index in [1.165, 1.54) is 6.21 Å². The van der Waals surface area contributed by atoms with E-state index in [9.17, 15) is 9.59 Å². The normalized spacial score (nSPS) is 10.6. The van der Waals surface area contributed by atoms with E-state index in [0.29, 0.717) is 17.9 Å². The largest absolute Gasteiger partial charge is 0.493 e. The minimum Gasteiger partial charge on any atom is -0.493 e. The Bertz CT molecular complexity index is 827. The molecule has 0 radical (unpaired) electrons. The van der Waals surface area contributed by atoms with Crippen LogP contribution in [0, 0.1) is 3.57 Å². The third-order valence-electron chi connectivity index (χ3n) is 3.19. The fraction of sp³-hybridized carbons (Fsp3) is 0.167. The van der Waals surface area contributed by atoms with E-state index < -0.39 is 5.91 Å². The number of carbonyl (C=O) groups is 2. The van der Waals surface area contributed by atoms with Crippen molar-refractivity contribution in [2.75, 3.05) is 13.2 Å². The van der Waals surface area contributed by atoms with Gasteiger partial charge >= 0.3 is 0 Å². The molecule has 8 heteroatoms. The molecule has 2 amide bonds. The van der Waals surface area contributed by atoms with Crippen LogP contribution in [0.5, 0.6) is 5.75 Å². The molecule has 0 saturated carbocycles. The predicted molar refractivity (Wildman–Crippen MR) is 113 cm³/mol. The second kappa shape index (κ2) is 10.3. The molecule has 0 fully saturated rings. The van der Waals surface area contributed by atoms with Crippen molar-refractivity contribution in [1.29, 1.82) is 0 Å². The van der Waals surface area contributed by atoms with Crippen LogP contribution in [0.3, 0.4) is 0 Å². The molecule has 6 nitrogen and oxygen atoms in total. The smallest absolute Gasteiger partial charge is 0.259 e. The van der Waals surface area contributed by atoms with E-state index in [1.807, 2.05) is 37.3 Å². The maximum atomic E-state index is 12.1. The van der Waals surface area contributed by atoms with Gasteiger partial charge in [-0.15, -0.1) is 0 Å². The van der Waals surface area contributed by atoms with Crippen LogP contribution < -0.4 is 15.5 Å². The van der Waals surface area contributed by atoms with Crippen molar-refractivity contribution in [3.63, 3.8) is 0 Å². The summed E-state index contributed by atoms with van der Waals surface area (Å²) in [6, 6.07) is 12.7. The van der Waals surface area contributed by atoms with Crippen molar-refractivity contribution in [1.82, 2.24) is 10.7 Å². The van der Waals surface area contributed by atoms with Gasteiger partial charge in [-0.1, -0.05) is 28.1 Å². The van der Waals surface area contributed by atoms with Crippen LogP contribution in [0.2, 0.25) is 0 Å². The predicted octanol–water partition coefficient (Wildman–Crippen LogP) is 3.33. The molecule has 0 aliphatic rings. The van der Waals surface area contributed by atoms with Gasteiger partial charge in [0.25, 0.3) is 11.8 Å². The molecular formula is C18H17BrIN3O3. The molecule has 0 bridgehead atoms. The SMILES string of the molecule is CCOc1ccc(Br)cc1/C=N\NC(=O)CNC(=O)c1ccccc1I. The van der Waals surface area contributed by atoms with E-state index in [-0.39, 0.29) is 12.5 Å². The summed E-state index contributed by atoms with van der Waals surface area (Å²) in [5, 5.41) is 6.48. The lowest BCUT2D eigenvalue weighted by Crippen LogP contribution is -2.35. The van der Waals surface area contributed by atoms with Gasteiger partial charge < -0.3 is 10.1 Å². The monoisotopic (exact) mass is 529 g/mol. The average Bonchev–Trinajstić information content (AvgIpc) is 2.62. The van der Waals surface area contributed by atoms with Crippen LogP contribution in [0.1, 0.15) is 22.8 Å². The Labute approximate surface area is 173 Å². The number of hydrogen-bond donors (Lipinski definition) is 2. The number of halogens is 2. The second-order valence-corrected chi connectivity index (χ2v) is 7.15. The highest BCUT2D eigenvalue weighted by atomic mass is 127. The topological polar surface area (TPSA) is 79.8 Å². The summed E-state index contributed by atoms with van der Waals surface area (Å²) in [6.07, 6.45) is 1.50. The first-order valence-corrected chi connectivity index (χ1v) is 9.65. The lowest BCUT2D eigenvalue weighted by Gasteiger charge is -2.07. The van der Waals surface area contributed by atoms with Crippen molar-refractivity contribution < 1.29 is 14.3 Å². The number of benzene rings is 2. The number of amides is 2. The molecule has 0 unspecified atom stereocenters. The van der Waals surface area contributed by atoms with Crippen LogP contribution in [-0.4, -0.2) is 31.2 Å². The van der Waals surface area contributed by atoms with Crippen molar-refractivity contribution in [2.45, 2.75) is 6.92 Å². The Hall–Kier alpha value is -1.94. The standard InChI is InChI=1S/C18H17BrIN3O3/c1-2-26-16-8-7-13(19)9-12(16)10-22-23-17(24)11-21-18(25)14-5-3-4-6-15(14)20/h3-10H,2,11H2,1H3,(H,21,25)(H,23,24)/b22-10-. The van der Waals surface area contributed by atoms with E-state index in [2.05, 4.69) is 54.4 Å². The van der Waals surface area contributed by atoms with Gasteiger partial charge in [0, 0.05) is 13.6 Å². The average molecular weight is 530 g/mol. The fourth-order valence-corrected chi connectivity index (χ4v) is 3.03. The van der Waals surface area contributed by atoms with E-state index >= 15 is 0 Å². The van der Waals surface area contributed by atoms with Gasteiger partial charge in [-0.25, -0.2) is 5.43 Å². The van der Waals surface area contributed by atoms with Gasteiger partial charge in [0.1, 0.15) is 5.75 Å². The number of nitrogens with one attached hydrogen (secondary N) is 2. The zero-order valence-electron chi connectivity index (χ0n) is 14.0. The maximum absolute atomic E-state index is 12.1. The molecular weight excluding hydrogens is 513 g/mol. The minimum absolute atomic E-state index is 0.169. The Morgan fingerprint density at radius 3 is 2.77 bits per heavy atom. The number of hydrazone groups is 1. The second-order valence-electron chi connectivity index (χ2n) is 5.07. The lowest BCUT2D eigenvalue weighted by molar-refractivity contribution is -0.120. The summed E-state index contributed by atoms with van der Waals surface area (Å²) in [4.78, 5) is 23.9. The van der Waals surface area contributed by atoms with Gasteiger partial charge in [-0.3, -0.25) is 9.59 Å². The molecule has 0 spiro atoms. The van der Waals surface area contributed by atoms with Gasteiger partial charge in [-0.2, -0.15) is 5.10 Å². The summed E-state index contributed by atoms with van der Waals surface area (Å²) < 4.78 is 7.20. The van der Waals surface area contributed by atoms with E-state index in [1.54, 1.807) is 12.1 Å². The third-order valence-corrected chi connectivity index (χ3v) is 4.63. The van der Waals surface area contributed by atoms with E-state index in [4.69, 9.17) is 4.74 Å². The van der Waals surface area contributed by atoms with E-state index in [0.717, 1.165) is 13.6 Å². The highest BCUT2D eigenvalue weighted by molar-refractivity contribution is 14.1. The van der Waals surface area contributed by atoms with Crippen LogP contribution in [-0.2, 0) is 4.79 Å². The summed E-state index contributed by atoms with van der Waals surface area (Å²) >= 11 is 5.46. The Morgan fingerprint density at radius 1 is 1.27 bits per heavy atom. The Kier molecular flexibility index (Phi) is 8.05. The Balaban J connectivity index is 1.89. The number of ether oxygens (including phenoxy) is 1. The number of hydrogen-bond acceptors (Lipinski definition) is 4. The molecule has 26 heavy (non-hydrogen) atoms. The van der Waals surface area contributed by atoms with Gasteiger partial charge in [-0.05, 0) is 59.8 Å². The number of nitrogens with zero attached hydrogens (tertiary/aromatic N) is 1. The molecule has 2 aromatic rings. The first-order valence-electron chi connectivity index (χ1n) is 7.78. The number of carbonyl (C=O) groups excluding carboxylic acids is 2. The molecule has 2 N–H and O–H groups in total. The van der Waals surface area contributed by atoms with Crippen LogP contribution in [0.4, 0.5) is 0 Å². The van der Waals surface area contributed by atoms with Gasteiger partial charge in [0.05, 0.1) is 24.9 Å². The summed E-state index contributed by atoms with van der Waals surface area (Å²) in [7, 11) is 0. The summed E-state index contributed by atoms with van der Waals surface area (Å²) in [5.74, 6) is -0.0612. The van der Waals surface area contributed by atoms with Gasteiger partial charge in [0.2, 0.25) is 0 Å². The molecule has 2 aromatic carbocycles. The zero-order valence-corrected chi connectivity index (χ0v) is 17.7. The maximum Gasteiger partial charge on any atom is 0.259 e. The van der Waals surface area contributed by atoms with Crippen LogP contribution >= 0.6 is 38.5 Å².